The van der Waals surface area contributed by atoms with Gasteiger partial charge in [-0.1, -0.05) is 34.5 Å². The SMILES string of the molecule is CC1CC(=O)c2cc(Br)cc(Cl)c2CS1. The molecule has 80 valence electrons. The minimum Gasteiger partial charge on any atom is -0.294 e. The molecule has 1 aliphatic heterocycles. The molecule has 0 amide bonds. The van der Waals surface area contributed by atoms with E-state index in [0.29, 0.717) is 16.7 Å². The van der Waals surface area contributed by atoms with E-state index in [9.17, 15) is 4.79 Å². The van der Waals surface area contributed by atoms with Gasteiger partial charge in [0, 0.05) is 32.5 Å². The summed E-state index contributed by atoms with van der Waals surface area (Å²) in [5, 5.41) is 1.06. The standard InChI is InChI=1S/C11H10BrClOS/c1-6-2-11(14)8-3-7(12)4-10(13)9(8)5-15-6/h3-4,6H,2,5H2,1H3. The first kappa shape index (κ1) is 11.5. The molecule has 1 aliphatic rings. The molecule has 1 atom stereocenters. The van der Waals surface area contributed by atoms with Gasteiger partial charge < -0.3 is 0 Å². The summed E-state index contributed by atoms with van der Waals surface area (Å²) >= 11 is 11.3. The van der Waals surface area contributed by atoms with Crippen molar-refractivity contribution in [2.24, 2.45) is 0 Å². The van der Waals surface area contributed by atoms with Crippen molar-refractivity contribution in [2.45, 2.75) is 24.3 Å². The van der Waals surface area contributed by atoms with Gasteiger partial charge in [0.2, 0.25) is 0 Å². The molecule has 15 heavy (non-hydrogen) atoms. The number of fused-ring (bicyclic) bond motifs is 1. The lowest BCUT2D eigenvalue weighted by Gasteiger charge is -2.07. The number of Topliss-reactive ketones (excluding diaryl/α,β-unsaturated/α-hetero) is 1. The van der Waals surface area contributed by atoms with Crippen LogP contribution >= 0.6 is 39.3 Å². The minimum atomic E-state index is 0.200. The molecule has 0 bridgehead atoms. The lowest BCUT2D eigenvalue weighted by molar-refractivity contribution is 0.0983. The summed E-state index contributed by atoms with van der Waals surface area (Å²) in [4.78, 5) is 11.9. The molecule has 0 aliphatic carbocycles. The van der Waals surface area contributed by atoms with Crippen LogP contribution < -0.4 is 0 Å². The van der Waals surface area contributed by atoms with Gasteiger partial charge in [0.15, 0.2) is 5.78 Å². The fourth-order valence-electron chi connectivity index (χ4n) is 1.65. The molecule has 0 saturated heterocycles. The number of carbonyl (C=O) groups is 1. The van der Waals surface area contributed by atoms with Gasteiger partial charge >= 0.3 is 0 Å². The van der Waals surface area contributed by atoms with Gasteiger partial charge in [-0.2, -0.15) is 11.8 Å². The molecule has 1 heterocycles. The maximum absolute atomic E-state index is 11.9. The Balaban J connectivity index is 2.53. The lowest BCUT2D eigenvalue weighted by Crippen LogP contribution is -2.05. The zero-order chi connectivity index (χ0) is 11.0. The molecule has 4 heteroatoms. The Kier molecular flexibility index (Phi) is 3.43. The Morgan fingerprint density at radius 2 is 2.27 bits per heavy atom. The zero-order valence-electron chi connectivity index (χ0n) is 8.22. The van der Waals surface area contributed by atoms with Gasteiger partial charge in [-0.25, -0.2) is 0 Å². The van der Waals surface area contributed by atoms with Crippen LogP contribution in [0.15, 0.2) is 16.6 Å². The van der Waals surface area contributed by atoms with Crippen molar-refractivity contribution >= 4 is 45.1 Å². The number of hydrogen-bond donors (Lipinski definition) is 0. The smallest absolute Gasteiger partial charge is 0.164 e. The summed E-state index contributed by atoms with van der Waals surface area (Å²) in [5.74, 6) is 1.03. The number of carbonyl (C=O) groups excluding carboxylic acids is 1. The molecule has 1 aromatic carbocycles. The van der Waals surface area contributed by atoms with Crippen LogP contribution in [0, 0.1) is 0 Å². The van der Waals surface area contributed by atoms with Gasteiger partial charge in [0.05, 0.1) is 0 Å². The molecule has 1 nitrogen and oxygen atoms in total. The third-order valence-electron chi connectivity index (χ3n) is 2.45. The van der Waals surface area contributed by atoms with E-state index >= 15 is 0 Å². The third-order valence-corrected chi connectivity index (χ3v) is 4.43. The molecule has 1 aromatic rings. The normalized spacial score (nSPS) is 21.0. The van der Waals surface area contributed by atoms with Gasteiger partial charge in [0.25, 0.3) is 0 Å². The van der Waals surface area contributed by atoms with Crippen LogP contribution in [0.1, 0.15) is 29.3 Å². The summed E-state index contributed by atoms with van der Waals surface area (Å²) in [7, 11) is 0. The Labute approximate surface area is 107 Å². The second-order valence-electron chi connectivity index (χ2n) is 3.66. The van der Waals surface area contributed by atoms with Crippen LogP contribution in [0.2, 0.25) is 5.02 Å². The number of thioether (sulfide) groups is 1. The average molecular weight is 306 g/mol. The van der Waals surface area contributed by atoms with Gasteiger partial charge in [-0.3, -0.25) is 4.79 Å². The van der Waals surface area contributed by atoms with Crippen LogP contribution in [-0.4, -0.2) is 11.0 Å². The van der Waals surface area contributed by atoms with Crippen LogP contribution in [0.25, 0.3) is 0 Å². The van der Waals surface area contributed by atoms with Crippen molar-refractivity contribution < 1.29 is 4.79 Å². The topological polar surface area (TPSA) is 17.1 Å². The number of ketones is 1. The van der Waals surface area contributed by atoms with Crippen molar-refractivity contribution in [3.63, 3.8) is 0 Å². The number of rotatable bonds is 0. The van der Waals surface area contributed by atoms with Crippen LogP contribution in [0.3, 0.4) is 0 Å². The van der Waals surface area contributed by atoms with E-state index in [1.54, 1.807) is 11.8 Å². The highest BCUT2D eigenvalue weighted by molar-refractivity contribution is 9.10. The highest BCUT2D eigenvalue weighted by Gasteiger charge is 2.22. The first-order valence-corrected chi connectivity index (χ1v) is 6.92. The summed E-state index contributed by atoms with van der Waals surface area (Å²) in [6, 6.07) is 3.73. The Bertz CT molecular complexity index is 419. The molecule has 0 saturated carbocycles. The number of halogens is 2. The van der Waals surface area contributed by atoms with E-state index in [1.807, 2.05) is 12.1 Å². The van der Waals surface area contributed by atoms with E-state index in [4.69, 9.17) is 11.6 Å². The number of benzene rings is 1. The first-order chi connectivity index (χ1) is 7.08. The van der Waals surface area contributed by atoms with Crippen LogP contribution in [0.4, 0.5) is 0 Å². The van der Waals surface area contributed by atoms with E-state index in [0.717, 1.165) is 21.4 Å². The molecular formula is C11H10BrClOS. The lowest BCUT2D eigenvalue weighted by atomic mass is 10.0. The second-order valence-corrected chi connectivity index (χ2v) is 6.41. The summed E-state index contributed by atoms with van der Waals surface area (Å²) in [6.07, 6.45) is 0.602. The predicted octanol–water partition coefficient (Wildman–Crippen LogP) is 4.31. The predicted molar refractivity (Wildman–Crippen MR) is 68.9 cm³/mol. The maximum Gasteiger partial charge on any atom is 0.164 e. The molecule has 2 rings (SSSR count). The quantitative estimate of drug-likeness (QED) is 0.710. The minimum absolute atomic E-state index is 0.200. The van der Waals surface area contributed by atoms with Crippen molar-refractivity contribution in [3.8, 4) is 0 Å². The van der Waals surface area contributed by atoms with Crippen LogP contribution in [0.5, 0.6) is 0 Å². The van der Waals surface area contributed by atoms with Crippen molar-refractivity contribution in [1.29, 1.82) is 0 Å². The Morgan fingerprint density at radius 3 is 3.00 bits per heavy atom. The Hall–Kier alpha value is 0.01000. The average Bonchev–Trinajstić information content (AvgIpc) is 2.27. The molecular weight excluding hydrogens is 296 g/mol. The number of hydrogen-bond acceptors (Lipinski definition) is 2. The van der Waals surface area contributed by atoms with Crippen molar-refractivity contribution in [3.05, 3.63) is 32.8 Å². The fraction of sp³-hybridized carbons (Fsp3) is 0.364. The molecule has 0 spiro atoms. The highest BCUT2D eigenvalue weighted by Crippen LogP contribution is 2.34. The first-order valence-electron chi connectivity index (χ1n) is 4.70. The van der Waals surface area contributed by atoms with E-state index < -0.39 is 0 Å². The van der Waals surface area contributed by atoms with Gasteiger partial charge in [-0.05, 0) is 17.7 Å². The summed E-state index contributed by atoms with van der Waals surface area (Å²) in [6.45, 7) is 2.08. The molecule has 0 aromatic heterocycles. The Morgan fingerprint density at radius 1 is 1.53 bits per heavy atom. The van der Waals surface area contributed by atoms with E-state index in [2.05, 4.69) is 22.9 Å². The van der Waals surface area contributed by atoms with Crippen molar-refractivity contribution in [2.75, 3.05) is 0 Å². The molecule has 0 fully saturated rings. The molecule has 0 radical (unpaired) electrons. The largest absolute Gasteiger partial charge is 0.294 e. The van der Waals surface area contributed by atoms with Crippen LogP contribution in [-0.2, 0) is 5.75 Å². The maximum atomic E-state index is 11.9. The summed E-state index contributed by atoms with van der Waals surface area (Å²) in [5.41, 5.74) is 1.77. The fourth-order valence-corrected chi connectivity index (χ4v) is 3.64. The second kappa shape index (κ2) is 4.48. The summed E-state index contributed by atoms with van der Waals surface area (Å²) < 4.78 is 0.874. The van der Waals surface area contributed by atoms with Crippen molar-refractivity contribution in [1.82, 2.24) is 0 Å². The highest BCUT2D eigenvalue weighted by atomic mass is 79.9. The van der Waals surface area contributed by atoms with Gasteiger partial charge in [0.1, 0.15) is 0 Å². The monoisotopic (exact) mass is 304 g/mol. The van der Waals surface area contributed by atoms with Gasteiger partial charge in [-0.15, -0.1) is 0 Å². The molecule has 0 N–H and O–H groups in total. The third kappa shape index (κ3) is 2.40. The zero-order valence-corrected chi connectivity index (χ0v) is 11.4. The van der Waals surface area contributed by atoms with E-state index in [1.165, 1.54) is 0 Å². The molecule has 1 unspecified atom stereocenters. The van der Waals surface area contributed by atoms with E-state index in [-0.39, 0.29) is 5.78 Å².